The molecule has 0 saturated carbocycles. The molecule has 0 radical (unpaired) electrons. The van der Waals surface area contributed by atoms with Crippen molar-refractivity contribution in [2.75, 3.05) is 33.9 Å². The molecule has 0 aliphatic heterocycles. The second-order valence-electron chi connectivity index (χ2n) is 4.19. The summed E-state index contributed by atoms with van der Waals surface area (Å²) in [5, 5.41) is 15.6. The molecule has 0 amide bonds. The van der Waals surface area contributed by atoms with E-state index in [1.165, 1.54) is 5.56 Å². The van der Waals surface area contributed by atoms with Gasteiger partial charge >= 0.3 is 0 Å². The molecule has 114 valence electrons. The summed E-state index contributed by atoms with van der Waals surface area (Å²) >= 11 is 0. The number of ether oxygens (including phenoxy) is 1. The third-order valence-electron chi connectivity index (χ3n) is 2.69. The van der Waals surface area contributed by atoms with Gasteiger partial charge in [0.1, 0.15) is 5.75 Å². The summed E-state index contributed by atoms with van der Waals surface area (Å²) in [6.07, 6.45) is 1.98. The van der Waals surface area contributed by atoms with Crippen LogP contribution in [0, 0.1) is 0 Å². The minimum absolute atomic E-state index is 0. The normalized spacial score (nSPS) is 10.8. The second-order valence-corrected chi connectivity index (χ2v) is 4.19. The summed E-state index contributed by atoms with van der Waals surface area (Å²) in [6, 6.07) is 7.32. The fraction of sp³-hybridized carbons (Fsp3) is 0.500. The van der Waals surface area contributed by atoms with Crippen molar-refractivity contribution < 1.29 is 9.84 Å². The average molecular weight is 393 g/mol. The second kappa shape index (κ2) is 11.8. The summed E-state index contributed by atoms with van der Waals surface area (Å²) in [7, 11) is 3.43. The van der Waals surface area contributed by atoms with Gasteiger partial charge in [-0.2, -0.15) is 0 Å². The number of nitrogens with one attached hydrogen (secondary N) is 2. The quantitative estimate of drug-likeness (QED) is 0.286. The summed E-state index contributed by atoms with van der Waals surface area (Å²) in [6.45, 7) is 2.26. The van der Waals surface area contributed by atoms with E-state index in [0.717, 1.165) is 31.9 Å². The third-order valence-corrected chi connectivity index (χ3v) is 2.69. The summed E-state index contributed by atoms with van der Waals surface area (Å²) < 4.78 is 4.96. The number of methoxy groups -OCH3 is 1. The van der Waals surface area contributed by atoms with Crippen molar-refractivity contribution in [1.29, 1.82) is 0 Å². The van der Waals surface area contributed by atoms with Gasteiger partial charge in [0.2, 0.25) is 0 Å². The van der Waals surface area contributed by atoms with Gasteiger partial charge in [-0.15, -0.1) is 24.0 Å². The summed E-state index contributed by atoms with van der Waals surface area (Å²) in [4.78, 5) is 4.12. The number of rotatable bonds is 7. The first kappa shape index (κ1) is 19.0. The number of nitrogens with zero attached hydrogens (tertiary/aromatic N) is 1. The standard InChI is InChI=1S/C14H23N3O2.HI/c1-15-14(17-10-11-19-2)16-9-3-4-12-5-7-13(18)8-6-12;/h5-8,18H,3-4,9-11H2,1-2H3,(H2,15,16,17);1H. The zero-order valence-corrected chi connectivity index (χ0v) is 14.4. The lowest BCUT2D eigenvalue weighted by Gasteiger charge is -2.11. The lowest BCUT2D eigenvalue weighted by Crippen LogP contribution is -2.39. The molecular weight excluding hydrogens is 369 g/mol. The van der Waals surface area contributed by atoms with Crippen LogP contribution in [0.25, 0.3) is 0 Å². The molecule has 1 rings (SSSR count). The predicted molar refractivity (Wildman–Crippen MR) is 93.1 cm³/mol. The maximum atomic E-state index is 9.19. The molecule has 3 N–H and O–H groups in total. The third kappa shape index (κ3) is 8.21. The largest absolute Gasteiger partial charge is 0.508 e. The Morgan fingerprint density at radius 2 is 1.85 bits per heavy atom. The Bertz CT molecular complexity index is 383. The molecule has 0 aromatic heterocycles. The number of hydrogen-bond acceptors (Lipinski definition) is 3. The van der Waals surface area contributed by atoms with Crippen molar-refractivity contribution in [3.63, 3.8) is 0 Å². The highest BCUT2D eigenvalue weighted by Gasteiger charge is 1.97. The van der Waals surface area contributed by atoms with E-state index in [2.05, 4.69) is 15.6 Å². The van der Waals surface area contributed by atoms with Crippen LogP contribution in [0.5, 0.6) is 5.75 Å². The van der Waals surface area contributed by atoms with E-state index in [4.69, 9.17) is 4.74 Å². The van der Waals surface area contributed by atoms with Crippen LogP contribution in [0.2, 0.25) is 0 Å². The van der Waals surface area contributed by atoms with Crippen LogP contribution in [0.4, 0.5) is 0 Å². The van der Waals surface area contributed by atoms with Gasteiger partial charge in [-0.25, -0.2) is 0 Å². The number of hydrogen-bond donors (Lipinski definition) is 3. The van der Waals surface area contributed by atoms with E-state index < -0.39 is 0 Å². The Kier molecular flexibility index (Phi) is 11.2. The molecule has 0 atom stereocenters. The molecule has 6 heteroatoms. The van der Waals surface area contributed by atoms with Gasteiger partial charge in [0, 0.05) is 27.2 Å². The fourth-order valence-corrected chi connectivity index (χ4v) is 1.65. The number of phenolic OH excluding ortho intramolecular Hbond substituents is 1. The smallest absolute Gasteiger partial charge is 0.191 e. The van der Waals surface area contributed by atoms with Gasteiger partial charge < -0.3 is 20.5 Å². The SMILES string of the molecule is CN=C(NCCCc1ccc(O)cc1)NCCOC.I. The van der Waals surface area contributed by atoms with Crippen LogP contribution < -0.4 is 10.6 Å². The minimum atomic E-state index is 0. The van der Waals surface area contributed by atoms with Gasteiger partial charge in [-0.05, 0) is 30.5 Å². The fourth-order valence-electron chi connectivity index (χ4n) is 1.65. The van der Waals surface area contributed by atoms with Crippen molar-refractivity contribution in [1.82, 2.24) is 10.6 Å². The first-order valence-electron chi connectivity index (χ1n) is 6.47. The Balaban J connectivity index is 0.00000361. The maximum Gasteiger partial charge on any atom is 0.191 e. The van der Waals surface area contributed by atoms with Crippen LogP contribution in [0.1, 0.15) is 12.0 Å². The number of halogens is 1. The van der Waals surface area contributed by atoms with Gasteiger partial charge in [-0.1, -0.05) is 12.1 Å². The Labute approximate surface area is 137 Å². The zero-order valence-electron chi connectivity index (χ0n) is 12.1. The van der Waals surface area contributed by atoms with Gasteiger partial charge in [-0.3, -0.25) is 4.99 Å². The molecule has 0 fully saturated rings. The highest BCUT2D eigenvalue weighted by molar-refractivity contribution is 14.0. The van der Waals surface area contributed by atoms with Gasteiger partial charge in [0.15, 0.2) is 5.96 Å². The molecule has 0 saturated heterocycles. The topological polar surface area (TPSA) is 65.9 Å². The molecule has 5 nitrogen and oxygen atoms in total. The van der Waals surface area contributed by atoms with E-state index in [1.54, 1.807) is 26.3 Å². The average Bonchev–Trinajstić information content (AvgIpc) is 2.43. The number of aliphatic imine (C=N–C) groups is 1. The lowest BCUT2D eigenvalue weighted by molar-refractivity contribution is 0.203. The monoisotopic (exact) mass is 393 g/mol. The van der Waals surface area contributed by atoms with Crippen LogP contribution in [-0.2, 0) is 11.2 Å². The Morgan fingerprint density at radius 3 is 2.45 bits per heavy atom. The van der Waals surface area contributed by atoms with Crippen molar-refractivity contribution in [2.45, 2.75) is 12.8 Å². The van der Waals surface area contributed by atoms with Crippen LogP contribution in [0.15, 0.2) is 29.3 Å². The van der Waals surface area contributed by atoms with Crippen LogP contribution >= 0.6 is 24.0 Å². The molecule has 0 aliphatic rings. The Hall–Kier alpha value is -1.02. The number of guanidine groups is 1. The molecule has 0 aliphatic carbocycles. The Morgan fingerprint density at radius 1 is 1.20 bits per heavy atom. The van der Waals surface area contributed by atoms with Crippen molar-refractivity contribution >= 4 is 29.9 Å². The van der Waals surface area contributed by atoms with E-state index in [0.29, 0.717) is 12.4 Å². The number of aromatic hydroxyl groups is 1. The van der Waals surface area contributed by atoms with E-state index in [-0.39, 0.29) is 24.0 Å². The lowest BCUT2D eigenvalue weighted by atomic mass is 10.1. The predicted octanol–water partition coefficient (Wildman–Crippen LogP) is 1.75. The maximum absolute atomic E-state index is 9.19. The van der Waals surface area contributed by atoms with E-state index >= 15 is 0 Å². The molecule has 0 bridgehead atoms. The molecule has 20 heavy (non-hydrogen) atoms. The van der Waals surface area contributed by atoms with Gasteiger partial charge in [0.05, 0.1) is 6.61 Å². The van der Waals surface area contributed by atoms with Crippen molar-refractivity contribution in [3.05, 3.63) is 29.8 Å². The molecule has 0 heterocycles. The highest BCUT2D eigenvalue weighted by atomic mass is 127. The van der Waals surface area contributed by atoms with E-state index in [9.17, 15) is 5.11 Å². The minimum Gasteiger partial charge on any atom is -0.508 e. The summed E-state index contributed by atoms with van der Waals surface area (Å²) in [5.74, 6) is 1.10. The number of benzene rings is 1. The van der Waals surface area contributed by atoms with Crippen molar-refractivity contribution in [3.8, 4) is 5.75 Å². The van der Waals surface area contributed by atoms with Crippen molar-refractivity contribution in [2.24, 2.45) is 4.99 Å². The van der Waals surface area contributed by atoms with E-state index in [1.807, 2.05) is 12.1 Å². The molecule has 1 aromatic rings. The zero-order chi connectivity index (χ0) is 13.9. The number of aryl methyl sites for hydroxylation is 1. The van der Waals surface area contributed by atoms with Crippen LogP contribution in [-0.4, -0.2) is 44.9 Å². The molecular formula is C14H24IN3O2. The highest BCUT2D eigenvalue weighted by Crippen LogP contribution is 2.10. The molecule has 0 spiro atoms. The molecule has 0 unspecified atom stereocenters. The number of phenols is 1. The first-order chi connectivity index (χ1) is 9.26. The summed E-state index contributed by atoms with van der Waals surface area (Å²) in [5.41, 5.74) is 1.22. The first-order valence-corrected chi connectivity index (χ1v) is 6.47. The van der Waals surface area contributed by atoms with Crippen LogP contribution in [0.3, 0.4) is 0 Å². The molecule has 1 aromatic carbocycles. The van der Waals surface area contributed by atoms with Gasteiger partial charge in [0.25, 0.3) is 0 Å².